The topological polar surface area (TPSA) is 124 Å². The summed E-state index contributed by atoms with van der Waals surface area (Å²) in [7, 11) is -4.04. The molecule has 0 saturated heterocycles. The second kappa shape index (κ2) is 6.16. The third-order valence-corrected chi connectivity index (χ3v) is 4.98. The molecule has 0 aliphatic heterocycles. The number of carboxylic acid groups (broad SMARTS) is 1. The van der Waals surface area contributed by atoms with Crippen molar-refractivity contribution in [3.8, 4) is 0 Å². The smallest absolute Gasteiger partial charge is 0.337 e. The first-order valence-electron chi connectivity index (χ1n) is 6.35. The molecule has 0 fully saturated rings. The van der Waals surface area contributed by atoms with Crippen molar-refractivity contribution in [1.29, 1.82) is 0 Å². The van der Waals surface area contributed by atoms with Crippen LogP contribution in [0.5, 0.6) is 0 Å². The molecule has 2 aromatic rings. The lowest BCUT2D eigenvalue weighted by molar-refractivity contribution is 0.0697. The molecule has 1 heterocycles. The third-order valence-electron chi connectivity index (χ3n) is 3.06. The predicted octanol–water partition coefficient (Wildman–Crippen LogP) is 0.604. The van der Waals surface area contributed by atoms with Crippen molar-refractivity contribution in [1.82, 2.24) is 10.2 Å². The molecular weight excluding hydrogens is 310 g/mol. The quantitative estimate of drug-likeness (QED) is 0.714. The highest BCUT2D eigenvalue weighted by molar-refractivity contribution is 7.92. The van der Waals surface area contributed by atoms with E-state index in [2.05, 4.69) is 10.2 Å². The molecule has 9 heteroatoms. The zero-order valence-corrected chi connectivity index (χ0v) is 12.5. The van der Waals surface area contributed by atoms with E-state index in [4.69, 9.17) is 0 Å². The van der Waals surface area contributed by atoms with Gasteiger partial charge in [0.1, 0.15) is 4.90 Å². The van der Waals surface area contributed by atoms with Gasteiger partial charge in [-0.1, -0.05) is 12.1 Å². The number of hydrogen-bond acceptors (Lipinski definition) is 5. The van der Waals surface area contributed by atoms with E-state index in [1.807, 2.05) is 0 Å². The Morgan fingerprint density at radius 3 is 2.59 bits per heavy atom. The van der Waals surface area contributed by atoms with Gasteiger partial charge in [0.05, 0.1) is 36.3 Å². The number of aliphatic hydroxyl groups is 1. The van der Waals surface area contributed by atoms with Crippen molar-refractivity contribution in [2.24, 2.45) is 0 Å². The number of benzene rings is 1. The van der Waals surface area contributed by atoms with Gasteiger partial charge in [0.2, 0.25) is 0 Å². The van der Waals surface area contributed by atoms with Gasteiger partial charge in [-0.3, -0.25) is 9.40 Å². The summed E-state index contributed by atoms with van der Waals surface area (Å²) in [6, 6.07) is 5.72. The lowest BCUT2D eigenvalue weighted by atomic mass is 10.2. The first kappa shape index (κ1) is 16.0. The van der Waals surface area contributed by atoms with Crippen LogP contribution in [0.2, 0.25) is 0 Å². The highest BCUT2D eigenvalue weighted by atomic mass is 32.2. The predicted molar refractivity (Wildman–Crippen MR) is 78.3 cm³/mol. The maximum Gasteiger partial charge on any atom is 0.337 e. The molecular formula is C13H15N3O5S. The Kier molecular flexibility index (Phi) is 4.48. The molecule has 118 valence electrons. The third kappa shape index (κ3) is 2.81. The number of rotatable bonds is 6. The second-order valence-electron chi connectivity index (χ2n) is 4.48. The average Bonchev–Trinajstić information content (AvgIpc) is 2.91. The highest BCUT2D eigenvalue weighted by Gasteiger charge is 2.30. The van der Waals surface area contributed by atoms with Crippen LogP contribution in [-0.2, 0) is 10.0 Å². The summed E-state index contributed by atoms with van der Waals surface area (Å²) in [6.45, 7) is 0.821. The van der Waals surface area contributed by atoms with Crippen LogP contribution in [0.15, 0.2) is 35.4 Å². The fraction of sp³-hybridized carbons (Fsp3) is 0.231. The summed E-state index contributed by atoms with van der Waals surface area (Å²) in [4.78, 5) is 11.2. The number of nitrogens with one attached hydrogen (secondary N) is 1. The summed E-state index contributed by atoms with van der Waals surface area (Å²) in [5.41, 5.74) is 0.154. The van der Waals surface area contributed by atoms with Gasteiger partial charge in [-0.25, -0.2) is 13.2 Å². The number of aromatic amines is 1. The lowest BCUT2D eigenvalue weighted by Gasteiger charge is -2.24. The van der Waals surface area contributed by atoms with Gasteiger partial charge in [0, 0.05) is 0 Å². The standard InChI is InChI=1S/C13H15N3O5S/c1-9-12(8-14-15-9)22(20,21)16(6-7-17)11-5-3-2-4-10(11)13(18)19/h2-5,8,17H,6-7H2,1H3,(H,14,15)(H,18,19). The molecule has 8 nitrogen and oxygen atoms in total. The van der Waals surface area contributed by atoms with Gasteiger partial charge in [0.25, 0.3) is 10.0 Å². The van der Waals surface area contributed by atoms with Crippen molar-refractivity contribution in [2.75, 3.05) is 17.5 Å². The fourth-order valence-corrected chi connectivity index (χ4v) is 3.65. The second-order valence-corrected chi connectivity index (χ2v) is 6.31. The maximum absolute atomic E-state index is 12.7. The molecule has 2 rings (SSSR count). The number of aromatic carboxylic acids is 1. The first-order valence-corrected chi connectivity index (χ1v) is 7.79. The molecule has 0 atom stereocenters. The molecule has 0 aliphatic carbocycles. The van der Waals surface area contributed by atoms with E-state index in [1.165, 1.54) is 24.3 Å². The van der Waals surface area contributed by atoms with Crippen LogP contribution >= 0.6 is 0 Å². The van der Waals surface area contributed by atoms with Gasteiger partial charge < -0.3 is 10.2 Å². The van der Waals surface area contributed by atoms with Crippen molar-refractivity contribution in [2.45, 2.75) is 11.8 Å². The van der Waals surface area contributed by atoms with Crippen molar-refractivity contribution >= 4 is 21.7 Å². The largest absolute Gasteiger partial charge is 0.478 e. The number of sulfonamides is 1. The minimum absolute atomic E-state index is 0.00958. The zero-order valence-electron chi connectivity index (χ0n) is 11.7. The SMILES string of the molecule is Cc1[nH]ncc1S(=O)(=O)N(CCO)c1ccccc1C(=O)O. The minimum atomic E-state index is -4.04. The Balaban J connectivity index is 2.62. The molecule has 0 radical (unpaired) electrons. The van der Waals surface area contributed by atoms with Gasteiger partial charge in [-0.2, -0.15) is 5.10 Å². The Bertz CT molecular complexity index is 784. The van der Waals surface area contributed by atoms with E-state index in [9.17, 15) is 23.4 Å². The lowest BCUT2D eigenvalue weighted by Crippen LogP contribution is -2.35. The summed E-state index contributed by atoms with van der Waals surface area (Å²) < 4.78 is 26.4. The minimum Gasteiger partial charge on any atom is -0.478 e. The summed E-state index contributed by atoms with van der Waals surface area (Å²) >= 11 is 0. The number of anilines is 1. The van der Waals surface area contributed by atoms with Crippen LogP contribution in [0, 0.1) is 6.92 Å². The molecule has 1 aromatic heterocycles. The summed E-state index contributed by atoms with van der Waals surface area (Å²) in [5.74, 6) is -1.25. The van der Waals surface area contributed by atoms with Crippen LogP contribution in [0.3, 0.4) is 0 Å². The van der Waals surface area contributed by atoms with Crippen LogP contribution in [-0.4, -0.2) is 47.9 Å². The van der Waals surface area contributed by atoms with E-state index in [0.717, 1.165) is 10.5 Å². The number of aliphatic hydroxyl groups excluding tert-OH is 1. The molecule has 0 unspecified atom stereocenters. The van der Waals surface area contributed by atoms with Gasteiger partial charge >= 0.3 is 5.97 Å². The number of carbonyl (C=O) groups is 1. The van der Waals surface area contributed by atoms with Crippen molar-refractivity contribution in [3.05, 3.63) is 41.7 Å². The van der Waals surface area contributed by atoms with Crippen LogP contribution < -0.4 is 4.31 Å². The molecule has 0 amide bonds. The van der Waals surface area contributed by atoms with E-state index in [1.54, 1.807) is 6.92 Å². The average molecular weight is 325 g/mol. The van der Waals surface area contributed by atoms with E-state index >= 15 is 0 Å². The molecule has 0 saturated carbocycles. The summed E-state index contributed by atoms with van der Waals surface area (Å²) in [6.07, 6.45) is 1.15. The monoisotopic (exact) mass is 325 g/mol. The van der Waals surface area contributed by atoms with E-state index in [0.29, 0.717) is 5.69 Å². The Morgan fingerprint density at radius 2 is 2.05 bits per heavy atom. The number of aryl methyl sites for hydroxylation is 1. The number of hydrogen-bond donors (Lipinski definition) is 3. The van der Waals surface area contributed by atoms with E-state index < -0.39 is 22.6 Å². The molecule has 1 aromatic carbocycles. The number of para-hydroxylation sites is 1. The zero-order chi connectivity index (χ0) is 16.3. The molecule has 0 bridgehead atoms. The first-order chi connectivity index (χ1) is 10.4. The number of H-pyrrole nitrogens is 1. The molecule has 0 spiro atoms. The van der Waals surface area contributed by atoms with Gasteiger partial charge in [-0.05, 0) is 19.1 Å². The number of aromatic nitrogens is 2. The van der Waals surface area contributed by atoms with Crippen LogP contribution in [0.1, 0.15) is 16.1 Å². The number of nitrogens with zero attached hydrogens (tertiary/aromatic N) is 2. The van der Waals surface area contributed by atoms with Gasteiger partial charge in [0.15, 0.2) is 0 Å². The Labute approximate surface area is 127 Å². The molecule has 0 aliphatic rings. The van der Waals surface area contributed by atoms with Crippen molar-refractivity contribution in [3.63, 3.8) is 0 Å². The Morgan fingerprint density at radius 1 is 1.36 bits per heavy atom. The number of carboxylic acids is 1. The molecule has 22 heavy (non-hydrogen) atoms. The maximum atomic E-state index is 12.7. The Hall–Kier alpha value is -2.39. The van der Waals surface area contributed by atoms with Crippen LogP contribution in [0.4, 0.5) is 5.69 Å². The highest BCUT2D eigenvalue weighted by Crippen LogP contribution is 2.27. The fourth-order valence-electron chi connectivity index (χ4n) is 2.05. The van der Waals surface area contributed by atoms with Crippen LogP contribution in [0.25, 0.3) is 0 Å². The molecule has 3 N–H and O–H groups in total. The summed E-state index contributed by atoms with van der Waals surface area (Å²) in [5, 5.41) is 24.6. The van der Waals surface area contributed by atoms with E-state index in [-0.39, 0.29) is 22.7 Å². The normalized spacial score (nSPS) is 11.4. The van der Waals surface area contributed by atoms with Gasteiger partial charge in [-0.15, -0.1) is 0 Å². The van der Waals surface area contributed by atoms with Crippen molar-refractivity contribution < 1.29 is 23.4 Å².